The zero-order valence-electron chi connectivity index (χ0n) is 10.4. The smallest absolute Gasteiger partial charge is 0.170 e. The number of hydrogen-bond donors (Lipinski definition) is 2. The van der Waals surface area contributed by atoms with Crippen LogP contribution in [0.1, 0.15) is 17.2 Å². The van der Waals surface area contributed by atoms with E-state index in [0.29, 0.717) is 5.56 Å². The molecule has 2 aromatic rings. The zero-order valence-corrected chi connectivity index (χ0v) is 12.5. The number of hydrazine groups is 1. The summed E-state index contributed by atoms with van der Waals surface area (Å²) in [4.78, 5) is 0. The van der Waals surface area contributed by atoms with Crippen LogP contribution in [0.5, 0.6) is 5.75 Å². The SMILES string of the molecule is COc1cccc(C(NN)c2cccc(I)c2)c1F. The van der Waals surface area contributed by atoms with Crippen LogP contribution in [-0.4, -0.2) is 7.11 Å². The van der Waals surface area contributed by atoms with E-state index in [1.807, 2.05) is 24.3 Å². The third-order valence-corrected chi connectivity index (χ3v) is 3.54. The Balaban J connectivity index is 2.48. The predicted octanol–water partition coefficient (Wildman–Crippen LogP) is 2.99. The molecule has 0 aliphatic rings. The van der Waals surface area contributed by atoms with Crippen molar-refractivity contribution in [1.82, 2.24) is 5.43 Å². The number of nitrogens with two attached hydrogens (primary N) is 1. The lowest BCUT2D eigenvalue weighted by atomic mass is 9.98. The highest BCUT2D eigenvalue weighted by Crippen LogP contribution is 2.29. The second-order valence-electron chi connectivity index (χ2n) is 4.02. The summed E-state index contributed by atoms with van der Waals surface area (Å²) in [6.07, 6.45) is 0. The molecule has 0 spiro atoms. The van der Waals surface area contributed by atoms with Gasteiger partial charge in [-0.25, -0.2) is 9.82 Å². The molecule has 0 heterocycles. The summed E-state index contributed by atoms with van der Waals surface area (Å²) in [6, 6.07) is 12.4. The van der Waals surface area contributed by atoms with E-state index >= 15 is 0 Å². The summed E-state index contributed by atoms with van der Waals surface area (Å²) in [5.74, 6) is 5.40. The summed E-state index contributed by atoms with van der Waals surface area (Å²) in [5, 5.41) is 0. The minimum absolute atomic E-state index is 0.211. The van der Waals surface area contributed by atoms with Gasteiger partial charge in [0.2, 0.25) is 0 Å². The van der Waals surface area contributed by atoms with Crippen molar-refractivity contribution in [3.05, 3.63) is 63.0 Å². The second-order valence-corrected chi connectivity index (χ2v) is 5.26. The fraction of sp³-hybridized carbons (Fsp3) is 0.143. The van der Waals surface area contributed by atoms with Crippen molar-refractivity contribution in [3.8, 4) is 5.75 Å². The first kappa shape index (κ1) is 14.2. The molecule has 0 saturated carbocycles. The molecule has 5 heteroatoms. The van der Waals surface area contributed by atoms with Crippen LogP contribution < -0.4 is 16.0 Å². The third-order valence-electron chi connectivity index (χ3n) is 2.87. The molecular weight excluding hydrogens is 358 g/mol. The minimum Gasteiger partial charge on any atom is -0.494 e. The van der Waals surface area contributed by atoms with Crippen molar-refractivity contribution in [3.63, 3.8) is 0 Å². The van der Waals surface area contributed by atoms with Crippen molar-refractivity contribution >= 4 is 22.6 Å². The fourth-order valence-electron chi connectivity index (χ4n) is 1.96. The van der Waals surface area contributed by atoms with Gasteiger partial charge in [0.25, 0.3) is 0 Å². The van der Waals surface area contributed by atoms with Crippen LogP contribution in [-0.2, 0) is 0 Å². The molecule has 19 heavy (non-hydrogen) atoms. The van der Waals surface area contributed by atoms with Crippen molar-refractivity contribution in [2.24, 2.45) is 5.84 Å². The van der Waals surface area contributed by atoms with Crippen molar-refractivity contribution in [2.45, 2.75) is 6.04 Å². The lowest BCUT2D eigenvalue weighted by Gasteiger charge is -2.18. The van der Waals surface area contributed by atoms with E-state index < -0.39 is 11.9 Å². The first-order valence-corrected chi connectivity index (χ1v) is 6.79. The van der Waals surface area contributed by atoms with Crippen LogP contribution >= 0.6 is 22.6 Å². The van der Waals surface area contributed by atoms with Crippen molar-refractivity contribution in [2.75, 3.05) is 7.11 Å². The maximum atomic E-state index is 14.3. The largest absolute Gasteiger partial charge is 0.494 e. The topological polar surface area (TPSA) is 47.3 Å². The summed E-state index contributed by atoms with van der Waals surface area (Å²) in [7, 11) is 1.44. The van der Waals surface area contributed by atoms with E-state index in [1.54, 1.807) is 18.2 Å². The van der Waals surface area contributed by atoms with E-state index in [-0.39, 0.29) is 5.75 Å². The number of hydrogen-bond acceptors (Lipinski definition) is 3. The Labute approximate surface area is 125 Å². The van der Waals surface area contributed by atoms with E-state index in [0.717, 1.165) is 9.13 Å². The highest BCUT2D eigenvalue weighted by molar-refractivity contribution is 14.1. The second kappa shape index (κ2) is 6.31. The molecular formula is C14H14FIN2O. The van der Waals surface area contributed by atoms with E-state index in [2.05, 4.69) is 28.0 Å². The van der Waals surface area contributed by atoms with Gasteiger partial charge in [0, 0.05) is 9.13 Å². The number of halogens is 2. The Kier molecular flexibility index (Phi) is 4.73. The predicted molar refractivity (Wildman–Crippen MR) is 81.3 cm³/mol. The molecule has 0 aliphatic carbocycles. The van der Waals surface area contributed by atoms with Gasteiger partial charge < -0.3 is 4.74 Å². The van der Waals surface area contributed by atoms with Gasteiger partial charge in [0.05, 0.1) is 13.2 Å². The van der Waals surface area contributed by atoms with Gasteiger partial charge in [-0.3, -0.25) is 5.84 Å². The van der Waals surface area contributed by atoms with Gasteiger partial charge in [-0.05, 0) is 46.4 Å². The molecule has 0 aliphatic heterocycles. The Hall–Kier alpha value is -1.18. The number of benzene rings is 2. The summed E-state index contributed by atoms with van der Waals surface area (Å²) >= 11 is 2.21. The van der Waals surface area contributed by atoms with Gasteiger partial charge >= 0.3 is 0 Å². The Morgan fingerprint density at radius 1 is 1.26 bits per heavy atom. The number of rotatable bonds is 4. The van der Waals surface area contributed by atoms with Crippen LogP contribution in [0.15, 0.2) is 42.5 Å². The van der Waals surface area contributed by atoms with E-state index in [1.165, 1.54) is 7.11 Å². The molecule has 0 saturated heterocycles. The lowest BCUT2D eigenvalue weighted by Crippen LogP contribution is -2.29. The van der Waals surface area contributed by atoms with Crippen LogP contribution in [0.25, 0.3) is 0 Å². The monoisotopic (exact) mass is 372 g/mol. The number of nitrogens with one attached hydrogen (secondary N) is 1. The van der Waals surface area contributed by atoms with Crippen molar-refractivity contribution < 1.29 is 9.13 Å². The normalized spacial score (nSPS) is 12.2. The summed E-state index contributed by atoms with van der Waals surface area (Å²) in [5.41, 5.74) is 4.02. The molecule has 0 aromatic heterocycles. The molecule has 100 valence electrons. The van der Waals surface area contributed by atoms with Crippen LogP contribution in [0.4, 0.5) is 4.39 Å². The maximum Gasteiger partial charge on any atom is 0.170 e. The minimum atomic E-state index is -0.412. The van der Waals surface area contributed by atoms with Crippen molar-refractivity contribution in [1.29, 1.82) is 0 Å². The van der Waals surface area contributed by atoms with Gasteiger partial charge in [-0.1, -0.05) is 24.3 Å². The maximum absolute atomic E-state index is 14.3. The Morgan fingerprint density at radius 3 is 2.63 bits per heavy atom. The van der Waals surface area contributed by atoms with E-state index in [9.17, 15) is 4.39 Å². The molecule has 2 aromatic carbocycles. The number of methoxy groups -OCH3 is 1. The quantitative estimate of drug-likeness (QED) is 0.493. The molecule has 2 rings (SSSR count). The average Bonchev–Trinajstić information content (AvgIpc) is 2.41. The molecule has 0 amide bonds. The average molecular weight is 372 g/mol. The van der Waals surface area contributed by atoms with Gasteiger partial charge in [0.15, 0.2) is 11.6 Å². The third kappa shape index (κ3) is 3.05. The molecule has 3 N–H and O–H groups in total. The first-order valence-electron chi connectivity index (χ1n) is 5.71. The first-order chi connectivity index (χ1) is 9.17. The van der Waals surface area contributed by atoms with Gasteiger partial charge in [-0.15, -0.1) is 0 Å². The molecule has 1 atom stereocenters. The molecule has 0 fully saturated rings. The van der Waals surface area contributed by atoms with Crippen LogP contribution in [0.3, 0.4) is 0 Å². The summed E-state index contributed by atoms with van der Waals surface area (Å²) < 4.78 is 20.3. The fourth-order valence-corrected chi connectivity index (χ4v) is 2.53. The number of ether oxygens (including phenoxy) is 1. The Bertz CT molecular complexity index is 577. The lowest BCUT2D eigenvalue weighted by molar-refractivity contribution is 0.381. The Morgan fingerprint density at radius 2 is 2.00 bits per heavy atom. The van der Waals surface area contributed by atoms with Crippen LogP contribution in [0.2, 0.25) is 0 Å². The summed E-state index contributed by atoms with van der Waals surface area (Å²) in [6.45, 7) is 0. The highest BCUT2D eigenvalue weighted by atomic mass is 127. The molecule has 3 nitrogen and oxygen atoms in total. The van der Waals surface area contributed by atoms with Gasteiger partial charge in [0.1, 0.15) is 0 Å². The zero-order chi connectivity index (χ0) is 13.8. The standard InChI is InChI=1S/C14H14FIN2O/c1-19-12-7-3-6-11(13(12)15)14(18-17)9-4-2-5-10(16)8-9/h2-8,14,18H,17H2,1H3. The van der Waals surface area contributed by atoms with Crippen LogP contribution in [0, 0.1) is 9.39 Å². The van der Waals surface area contributed by atoms with Gasteiger partial charge in [-0.2, -0.15) is 0 Å². The molecule has 0 radical (unpaired) electrons. The highest BCUT2D eigenvalue weighted by Gasteiger charge is 2.19. The molecule has 1 unspecified atom stereocenters. The molecule has 0 bridgehead atoms. The van der Waals surface area contributed by atoms with E-state index in [4.69, 9.17) is 10.6 Å².